The third kappa shape index (κ3) is 0.790. The molecular weight excluding hydrogens is 114 g/mol. The molecule has 0 amide bonds. The molecule has 0 spiro atoms. The summed E-state index contributed by atoms with van der Waals surface area (Å²) in [5.41, 5.74) is 2.17. The van der Waals surface area contributed by atoms with Crippen LogP contribution in [-0.4, -0.2) is 18.4 Å². The molecule has 0 bridgehead atoms. The second-order valence-electron chi connectivity index (χ2n) is 1.62. The highest BCUT2D eigenvalue weighted by Crippen LogP contribution is 2.11. The average molecular weight is 120 g/mol. The highest BCUT2D eigenvalue weighted by molar-refractivity contribution is 5.00. The van der Waals surface area contributed by atoms with Crippen LogP contribution in [0.2, 0.25) is 0 Å². The fraction of sp³-hybridized carbons (Fsp3) is 0.500. The van der Waals surface area contributed by atoms with E-state index in [2.05, 4.69) is 5.43 Å². The zero-order valence-corrected chi connectivity index (χ0v) is 4.36. The van der Waals surface area contributed by atoms with E-state index in [1.807, 2.05) is 0 Å². The molecule has 4 heteroatoms. The summed E-state index contributed by atoms with van der Waals surface area (Å²) < 4.78 is 23.9. The van der Waals surface area contributed by atoms with Gasteiger partial charge >= 0.3 is 0 Å². The minimum atomic E-state index is -1.64. The molecule has 1 atom stereocenters. The molecule has 0 aromatic rings. The van der Waals surface area contributed by atoms with Gasteiger partial charge in [0.15, 0.2) is 5.83 Å². The third-order valence-electron chi connectivity index (χ3n) is 0.876. The van der Waals surface area contributed by atoms with Crippen molar-refractivity contribution in [3.05, 3.63) is 12.0 Å². The van der Waals surface area contributed by atoms with E-state index in [1.165, 1.54) is 12.1 Å². The number of hydrazine groups is 1. The topological polar surface area (TPSA) is 15.3 Å². The number of nitrogens with one attached hydrogen (secondary N) is 1. The quantitative estimate of drug-likeness (QED) is 0.469. The van der Waals surface area contributed by atoms with Crippen molar-refractivity contribution in [3.8, 4) is 0 Å². The lowest BCUT2D eigenvalue weighted by molar-refractivity contribution is 0.211. The molecule has 1 unspecified atom stereocenters. The molecule has 0 aromatic heterocycles. The van der Waals surface area contributed by atoms with Crippen molar-refractivity contribution in [1.82, 2.24) is 10.4 Å². The second kappa shape index (κ2) is 1.70. The molecule has 1 aliphatic rings. The van der Waals surface area contributed by atoms with Crippen LogP contribution >= 0.6 is 0 Å². The van der Waals surface area contributed by atoms with Crippen molar-refractivity contribution in [1.29, 1.82) is 0 Å². The molecule has 0 aliphatic carbocycles. The Morgan fingerprint density at radius 1 is 1.88 bits per heavy atom. The highest BCUT2D eigenvalue weighted by atomic mass is 19.2. The number of hydrogen-bond acceptors (Lipinski definition) is 2. The van der Waals surface area contributed by atoms with Crippen molar-refractivity contribution >= 4 is 0 Å². The lowest BCUT2D eigenvalue weighted by atomic mass is 10.6. The Morgan fingerprint density at radius 2 is 2.50 bits per heavy atom. The lowest BCUT2D eigenvalue weighted by Gasteiger charge is -2.06. The molecule has 1 N–H and O–H groups in total. The molecule has 1 heterocycles. The van der Waals surface area contributed by atoms with Gasteiger partial charge in [-0.05, 0) is 0 Å². The largest absolute Gasteiger partial charge is 0.313 e. The van der Waals surface area contributed by atoms with E-state index in [0.717, 1.165) is 6.20 Å². The van der Waals surface area contributed by atoms with E-state index < -0.39 is 12.1 Å². The van der Waals surface area contributed by atoms with Gasteiger partial charge in [0.25, 0.3) is 0 Å². The van der Waals surface area contributed by atoms with Crippen LogP contribution in [0, 0.1) is 0 Å². The van der Waals surface area contributed by atoms with Crippen molar-refractivity contribution in [2.45, 2.75) is 6.30 Å². The van der Waals surface area contributed by atoms with E-state index in [1.54, 1.807) is 0 Å². The smallest absolute Gasteiger partial charge is 0.220 e. The lowest BCUT2D eigenvalue weighted by Crippen LogP contribution is -2.29. The molecule has 1 rings (SSSR count). The van der Waals surface area contributed by atoms with Crippen molar-refractivity contribution in [2.24, 2.45) is 0 Å². The monoisotopic (exact) mass is 120 g/mol. The minimum absolute atomic E-state index is 0.771. The molecule has 0 aromatic carbocycles. The number of alkyl halides is 1. The summed E-state index contributed by atoms with van der Waals surface area (Å²) in [7, 11) is 1.53. The Hall–Kier alpha value is -0.640. The summed E-state index contributed by atoms with van der Waals surface area (Å²) >= 11 is 0. The second-order valence-corrected chi connectivity index (χ2v) is 1.62. The van der Waals surface area contributed by atoms with Gasteiger partial charge in [-0.15, -0.1) is 0 Å². The first-order valence-corrected chi connectivity index (χ1v) is 2.20. The third-order valence-corrected chi connectivity index (χ3v) is 0.876. The molecule has 0 saturated heterocycles. The number of halogens is 2. The Morgan fingerprint density at radius 3 is 2.62 bits per heavy atom. The number of rotatable bonds is 0. The molecule has 0 radical (unpaired) electrons. The van der Waals surface area contributed by atoms with Gasteiger partial charge < -0.3 is 5.01 Å². The maximum absolute atomic E-state index is 12.0. The van der Waals surface area contributed by atoms with E-state index >= 15 is 0 Å². The van der Waals surface area contributed by atoms with Gasteiger partial charge in [0.2, 0.25) is 6.30 Å². The van der Waals surface area contributed by atoms with Crippen molar-refractivity contribution < 1.29 is 8.78 Å². The predicted molar refractivity (Wildman–Crippen MR) is 25.0 cm³/mol. The fourth-order valence-corrected chi connectivity index (χ4v) is 0.528. The summed E-state index contributed by atoms with van der Waals surface area (Å²) in [4.78, 5) is 0. The maximum Gasteiger partial charge on any atom is 0.220 e. The van der Waals surface area contributed by atoms with Gasteiger partial charge in [-0.2, -0.15) is 5.43 Å². The van der Waals surface area contributed by atoms with Gasteiger partial charge in [0.05, 0.1) is 6.20 Å². The van der Waals surface area contributed by atoms with Gasteiger partial charge in [-0.1, -0.05) is 0 Å². The van der Waals surface area contributed by atoms with Crippen molar-refractivity contribution in [3.63, 3.8) is 0 Å². The molecule has 0 saturated carbocycles. The summed E-state index contributed by atoms with van der Waals surface area (Å²) in [6.45, 7) is 0. The van der Waals surface area contributed by atoms with Crippen LogP contribution in [-0.2, 0) is 0 Å². The Kier molecular flexibility index (Phi) is 1.17. The Balaban J connectivity index is 2.59. The minimum Gasteiger partial charge on any atom is -0.313 e. The molecular formula is C4H6F2N2. The molecule has 8 heavy (non-hydrogen) atoms. The number of hydrogen-bond donors (Lipinski definition) is 1. The van der Waals surface area contributed by atoms with Crippen LogP contribution in [0.15, 0.2) is 12.0 Å². The first-order chi connectivity index (χ1) is 3.70. The first kappa shape index (κ1) is 5.50. The van der Waals surface area contributed by atoms with Crippen LogP contribution < -0.4 is 5.43 Å². The first-order valence-electron chi connectivity index (χ1n) is 2.20. The van der Waals surface area contributed by atoms with Crippen LogP contribution in [0.3, 0.4) is 0 Å². The summed E-state index contributed by atoms with van der Waals surface area (Å²) in [5.74, 6) is -0.771. The van der Waals surface area contributed by atoms with Gasteiger partial charge in [0.1, 0.15) is 0 Å². The van der Waals surface area contributed by atoms with Crippen LogP contribution in [0.1, 0.15) is 0 Å². The normalized spacial score (nSPS) is 28.6. The summed E-state index contributed by atoms with van der Waals surface area (Å²) in [5, 5.41) is 1.24. The molecule has 2 nitrogen and oxygen atoms in total. The van der Waals surface area contributed by atoms with Crippen LogP contribution in [0.25, 0.3) is 0 Å². The Bertz CT molecular complexity index is 123. The zero-order chi connectivity index (χ0) is 6.15. The predicted octanol–water partition coefficient (Wildman–Crippen LogP) is 0.543. The maximum atomic E-state index is 12.0. The Labute approximate surface area is 45.7 Å². The van der Waals surface area contributed by atoms with E-state index in [0.29, 0.717) is 0 Å². The van der Waals surface area contributed by atoms with Gasteiger partial charge in [0, 0.05) is 7.05 Å². The van der Waals surface area contributed by atoms with Gasteiger partial charge in [-0.3, -0.25) is 0 Å². The SMILES string of the molecule is CN1C=C(F)C(F)N1. The molecule has 0 fully saturated rings. The number of nitrogens with zero attached hydrogens (tertiary/aromatic N) is 1. The standard InChI is InChI=1S/C4H6F2N2/c1-8-2-3(5)4(6)7-8/h2,4,7H,1H3. The highest BCUT2D eigenvalue weighted by Gasteiger charge is 2.19. The zero-order valence-electron chi connectivity index (χ0n) is 4.36. The summed E-state index contributed by atoms with van der Waals surface area (Å²) in [6.07, 6.45) is -0.579. The van der Waals surface area contributed by atoms with E-state index in [4.69, 9.17) is 0 Å². The molecule has 46 valence electrons. The van der Waals surface area contributed by atoms with E-state index in [9.17, 15) is 8.78 Å². The van der Waals surface area contributed by atoms with Crippen molar-refractivity contribution in [2.75, 3.05) is 7.05 Å². The fourth-order valence-electron chi connectivity index (χ4n) is 0.528. The molecule has 1 aliphatic heterocycles. The van der Waals surface area contributed by atoms with Crippen LogP contribution in [0.5, 0.6) is 0 Å². The van der Waals surface area contributed by atoms with E-state index in [-0.39, 0.29) is 0 Å². The average Bonchev–Trinajstić information content (AvgIpc) is 1.85. The van der Waals surface area contributed by atoms with Crippen LogP contribution in [0.4, 0.5) is 8.78 Å². The van der Waals surface area contributed by atoms with Gasteiger partial charge in [-0.25, -0.2) is 8.78 Å². The summed E-state index contributed by atoms with van der Waals surface area (Å²) in [6, 6.07) is 0.